The van der Waals surface area contributed by atoms with E-state index in [2.05, 4.69) is 15.0 Å². The molecular formula is C14H10Cl6N4OS. The second-order valence-electron chi connectivity index (χ2n) is 4.97. The van der Waals surface area contributed by atoms with Crippen molar-refractivity contribution in [3.63, 3.8) is 0 Å². The van der Waals surface area contributed by atoms with Crippen LogP contribution < -0.4 is 5.73 Å². The van der Waals surface area contributed by atoms with Crippen molar-refractivity contribution in [2.75, 3.05) is 0 Å². The maximum atomic E-state index is 10.8. The van der Waals surface area contributed by atoms with Gasteiger partial charge in [-0.05, 0) is 35.9 Å². The summed E-state index contributed by atoms with van der Waals surface area (Å²) in [5, 5.41) is 0.201. The van der Waals surface area contributed by atoms with Crippen molar-refractivity contribution in [3.8, 4) is 0 Å². The largest absolute Gasteiger partial charge is 0.370 e. The van der Waals surface area contributed by atoms with Gasteiger partial charge < -0.3 is 5.73 Å². The van der Waals surface area contributed by atoms with Crippen molar-refractivity contribution in [3.05, 3.63) is 41.5 Å². The summed E-state index contributed by atoms with van der Waals surface area (Å²) in [6.45, 7) is 0. The highest BCUT2D eigenvalue weighted by molar-refractivity contribution is 7.99. The van der Waals surface area contributed by atoms with Gasteiger partial charge in [-0.25, -0.2) is 15.0 Å². The number of nitrogens with two attached hydrogens (primary N) is 1. The fourth-order valence-corrected chi connectivity index (χ4v) is 3.01. The van der Waals surface area contributed by atoms with Gasteiger partial charge in [0.15, 0.2) is 16.8 Å². The van der Waals surface area contributed by atoms with Crippen LogP contribution in [0.2, 0.25) is 0 Å². The van der Waals surface area contributed by atoms with Crippen LogP contribution in [-0.4, -0.2) is 20.9 Å². The van der Waals surface area contributed by atoms with Crippen molar-refractivity contribution >= 4 is 87.3 Å². The van der Waals surface area contributed by atoms with Crippen molar-refractivity contribution in [1.29, 1.82) is 0 Å². The molecule has 0 unspecified atom stereocenters. The van der Waals surface area contributed by atoms with Gasteiger partial charge >= 0.3 is 0 Å². The average Bonchev–Trinajstić information content (AvgIpc) is 2.52. The van der Waals surface area contributed by atoms with Crippen molar-refractivity contribution in [2.45, 2.75) is 30.5 Å². The van der Waals surface area contributed by atoms with E-state index in [0.29, 0.717) is 6.42 Å². The smallest absolute Gasteiger partial charge is 0.250 e. The van der Waals surface area contributed by atoms with Crippen LogP contribution in [-0.2, 0) is 18.8 Å². The molecule has 0 fully saturated rings. The lowest BCUT2D eigenvalue weighted by Crippen LogP contribution is -2.16. The third kappa shape index (κ3) is 6.75. The fraction of sp³-hybridized carbons (Fsp3) is 0.286. The van der Waals surface area contributed by atoms with Crippen molar-refractivity contribution in [1.82, 2.24) is 15.0 Å². The SMILES string of the molecule is NC(=O)CCc1ccc(Sc2nc(C(Cl)(Cl)Cl)nc(C(Cl)(Cl)Cl)n2)cc1. The van der Waals surface area contributed by atoms with Crippen molar-refractivity contribution < 1.29 is 4.79 Å². The third-order valence-corrected chi connectivity index (χ3v) is 4.80. The molecule has 1 aromatic heterocycles. The Morgan fingerprint density at radius 2 is 1.42 bits per heavy atom. The molecule has 0 bridgehead atoms. The zero-order valence-corrected chi connectivity index (χ0v) is 18.1. The summed E-state index contributed by atoms with van der Waals surface area (Å²) in [6.07, 6.45) is 0.833. The third-order valence-electron chi connectivity index (χ3n) is 2.91. The standard InChI is InChI=1S/C14H10Cl6N4OS/c15-13(16,17)10-22-11(14(18,19)20)24-12(23-10)26-8-4-1-7(2-5-8)3-6-9(21)25/h1-2,4-5H,3,6H2,(H2,21,25). The molecule has 0 saturated carbocycles. The quantitative estimate of drug-likeness (QED) is 0.585. The molecule has 0 aliphatic heterocycles. The first-order valence-electron chi connectivity index (χ1n) is 6.91. The average molecular weight is 495 g/mol. The van der Waals surface area contributed by atoms with E-state index in [1.807, 2.05) is 24.3 Å². The minimum atomic E-state index is -1.90. The number of amides is 1. The van der Waals surface area contributed by atoms with Crippen LogP contribution in [0, 0.1) is 0 Å². The molecule has 0 aliphatic carbocycles. The number of hydrogen-bond donors (Lipinski definition) is 1. The van der Waals surface area contributed by atoms with E-state index in [0.717, 1.165) is 10.5 Å². The Bertz CT molecular complexity index is 759. The topological polar surface area (TPSA) is 81.8 Å². The number of halogens is 6. The van der Waals surface area contributed by atoms with Crippen LogP contribution in [0.25, 0.3) is 0 Å². The number of nitrogens with zero attached hydrogens (tertiary/aromatic N) is 3. The molecule has 1 aromatic carbocycles. The van der Waals surface area contributed by atoms with Gasteiger partial charge in [-0.2, -0.15) is 0 Å². The molecule has 5 nitrogen and oxygen atoms in total. The number of aromatic nitrogens is 3. The second-order valence-corrected chi connectivity index (χ2v) is 10.6. The summed E-state index contributed by atoms with van der Waals surface area (Å²) < 4.78 is -3.80. The molecule has 2 aromatic rings. The molecule has 2 N–H and O–H groups in total. The number of carbonyl (C=O) groups excluding carboxylic acids is 1. The first-order valence-corrected chi connectivity index (χ1v) is 9.99. The van der Waals surface area contributed by atoms with Gasteiger partial charge in [0, 0.05) is 11.3 Å². The predicted octanol–water partition coefficient (Wildman–Crippen LogP) is 5.09. The number of alkyl halides is 6. The highest BCUT2D eigenvalue weighted by Crippen LogP contribution is 2.41. The Balaban J connectivity index is 2.26. The first-order chi connectivity index (χ1) is 11.9. The maximum absolute atomic E-state index is 10.8. The first kappa shape index (κ1) is 22.1. The summed E-state index contributed by atoms with van der Waals surface area (Å²) in [5.74, 6) is -0.661. The maximum Gasteiger partial charge on any atom is 0.250 e. The molecule has 140 valence electrons. The molecule has 26 heavy (non-hydrogen) atoms. The number of primary amides is 1. The fourth-order valence-electron chi connectivity index (χ4n) is 1.75. The lowest BCUT2D eigenvalue weighted by atomic mass is 10.1. The summed E-state index contributed by atoms with van der Waals surface area (Å²) in [7, 11) is 0. The summed E-state index contributed by atoms with van der Waals surface area (Å²) in [5.41, 5.74) is 6.11. The predicted molar refractivity (Wildman–Crippen MR) is 106 cm³/mol. The summed E-state index contributed by atoms with van der Waals surface area (Å²) >= 11 is 36.2. The molecule has 1 heterocycles. The minimum absolute atomic E-state index is 0.153. The lowest BCUT2D eigenvalue weighted by Gasteiger charge is -2.15. The molecule has 0 atom stereocenters. The molecule has 0 spiro atoms. The van der Waals surface area contributed by atoms with Crippen LogP contribution in [0.1, 0.15) is 23.6 Å². The Kier molecular flexibility index (Phi) is 7.53. The highest BCUT2D eigenvalue weighted by atomic mass is 35.6. The number of aryl methyl sites for hydroxylation is 1. The van der Waals surface area contributed by atoms with Crippen molar-refractivity contribution in [2.24, 2.45) is 5.73 Å². The number of hydrogen-bond acceptors (Lipinski definition) is 5. The highest BCUT2D eigenvalue weighted by Gasteiger charge is 2.33. The zero-order chi connectivity index (χ0) is 19.5. The summed E-state index contributed by atoms with van der Waals surface area (Å²) in [6, 6.07) is 7.37. The van der Waals surface area contributed by atoms with E-state index in [4.69, 9.17) is 75.3 Å². The molecule has 0 radical (unpaired) electrons. The Labute approximate surface area is 183 Å². The Hall–Kier alpha value is -0.210. The Morgan fingerprint density at radius 1 is 0.923 bits per heavy atom. The van der Waals surface area contributed by atoms with E-state index in [9.17, 15) is 4.79 Å². The minimum Gasteiger partial charge on any atom is -0.370 e. The van der Waals surface area contributed by atoms with Gasteiger partial charge in [-0.15, -0.1) is 0 Å². The Morgan fingerprint density at radius 3 is 1.85 bits per heavy atom. The molecule has 12 heteroatoms. The normalized spacial score (nSPS) is 12.2. The van der Waals surface area contributed by atoms with Gasteiger partial charge in [0.05, 0.1) is 0 Å². The van der Waals surface area contributed by atoms with Crippen LogP contribution in [0.5, 0.6) is 0 Å². The molecule has 0 saturated heterocycles. The van der Waals surface area contributed by atoms with Crippen LogP contribution in [0.4, 0.5) is 0 Å². The lowest BCUT2D eigenvalue weighted by molar-refractivity contribution is -0.117. The molecule has 2 rings (SSSR count). The van der Waals surface area contributed by atoms with Gasteiger partial charge in [0.1, 0.15) is 0 Å². The number of benzene rings is 1. The zero-order valence-electron chi connectivity index (χ0n) is 12.7. The van der Waals surface area contributed by atoms with Gasteiger partial charge in [-0.1, -0.05) is 81.7 Å². The van der Waals surface area contributed by atoms with Crippen LogP contribution in [0.15, 0.2) is 34.3 Å². The van der Waals surface area contributed by atoms with Gasteiger partial charge in [-0.3, -0.25) is 4.79 Å². The van der Waals surface area contributed by atoms with E-state index in [1.54, 1.807) is 0 Å². The van der Waals surface area contributed by atoms with Gasteiger partial charge in [0.25, 0.3) is 0 Å². The number of rotatable bonds is 5. The molecule has 0 aliphatic rings. The van der Waals surface area contributed by atoms with Crippen LogP contribution >= 0.6 is 81.4 Å². The second kappa shape index (κ2) is 8.86. The van der Waals surface area contributed by atoms with E-state index >= 15 is 0 Å². The molecule has 1 amide bonds. The molecular weight excluding hydrogens is 485 g/mol. The van der Waals surface area contributed by atoms with Crippen LogP contribution in [0.3, 0.4) is 0 Å². The number of carbonyl (C=O) groups is 1. The summed E-state index contributed by atoms with van der Waals surface area (Å²) in [4.78, 5) is 23.7. The van der Waals surface area contributed by atoms with E-state index in [-0.39, 0.29) is 29.1 Å². The van der Waals surface area contributed by atoms with E-state index in [1.165, 1.54) is 11.8 Å². The monoisotopic (exact) mass is 492 g/mol. The van der Waals surface area contributed by atoms with E-state index < -0.39 is 7.59 Å². The van der Waals surface area contributed by atoms with Gasteiger partial charge in [0.2, 0.25) is 13.5 Å².